The van der Waals surface area contributed by atoms with Crippen LogP contribution in [0.4, 0.5) is 23.2 Å². The first-order valence-corrected chi connectivity index (χ1v) is 6.21. The lowest BCUT2D eigenvalue weighted by atomic mass is 9.98. The third-order valence-corrected chi connectivity index (χ3v) is 3.02. The van der Waals surface area contributed by atoms with E-state index in [1.807, 2.05) is 0 Å². The van der Waals surface area contributed by atoms with Gasteiger partial charge in [-0.2, -0.15) is 13.2 Å². The number of aliphatic hydroxyl groups excluding tert-OH is 1. The molecular weight excluding hydrogens is 294 g/mol. The number of hydrogen-bond donors (Lipinski definition) is 2. The summed E-state index contributed by atoms with van der Waals surface area (Å²) in [7, 11) is 0. The highest BCUT2D eigenvalue weighted by atomic mass is 19.4. The molecule has 8 heteroatoms. The number of carbonyl (C=O) groups is 1. The molecule has 1 aromatic rings. The van der Waals surface area contributed by atoms with Crippen molar-refractivity contribution >= 4 is 11.6 Å². The van der Waals surface area contributed by atoms with Crippen LogP contribution in [-0.2, 0) is 16.0 Å². The molecule has 1 amide bonds. The molecule has 21 heavy (non-hydrogen) atoms. The Bertz CT molecular complexity index is 545. The zero-order valence-electron chi connectivity index (χ0n) is 10.8. The highest BCUT2D eigenvalue weighted by Gasteiger charge is 2.28. The van der Waals surface area contributed by atoms with Crippen molar-refractivity contribution in [3.05, 3.63) is 29.1 Å². The zero-order chi connectivity index (χ0) is 15.6. The third-order valence-electron chi connectivity index (χ3n) is 3.02. The SMILES string of the molecule is O=C1CCc2cc(C(O)COCC(F)(F)F)c(F)cc2N1. The summed E-state index contributed by atoms with van der Waals surface area (Å²) < 4.78 is 53.9. The van der Waals surface area contributed by atoms with E-state index in [0.717, 1.165) is 6.07 Å². The van der Waals surface area contributed by atoms with Crippen LogP contribution in [0.25, 0.3) is 0 Å². The maximum atomic E-state index is 13.8. The van der Waals surface area contributed by atoms with Gasteiger partial charge in [0.05, 0.1) is 6.61 Å². The summed E-state index contributed by atoms with van der Waals surface area (Å²) in [4.78, 5) is 11.2. The van der Waals surface area contributed by atoms with E-state index >= 15 is 0 Å². The van der Waals surface area contributed by atoms with Crippen LogP contribution in [-0.4, -0.2) is 30.4 Å². The van der Waals surface area contributed by atoms with Crippen LogP contribution in [0.1, 0.15) is 23.7 Å². The molecule has 0 radical (unpaired) electrons. The van der Waals surface area contributed by atoms with Crippen molar-refractivity contribution in [2.75, 3.05) is 18.5 Å². The lowest BCUT2D eigenvalue weighted by Crippen LogP contribution is -2.21. The van der Waals surface area contributed by atoms with Gasteiger partial charge in [0.1, 0.15) is 18.5 Å². The summed E-state index contributed by atoms with van der Waals surface area (Å²) in [5.74, 6) is -1.04. The fourth-order valence-electron chi connectivity index (χ4n) is 2.05. The number of hydrogen-bond acceptors (Lipinski definition) is 3. The molecule has 0 saturated heterocycles. The molecule has 1 unspecified atom stereocenters. The summed E-state index contributed by atoms with van der Waals surface area (Å²) in [5.41, 5.74) is 0.795. The average Bonchev–Trinajstić information content (AvgIpc) is 2.36. The van der Waals surface area contributed by atoms with Crippen molar-refractivity contribution in [3.63, 3.8) is 0 Å². The standard InChI is InChI=1S/C13H13F4NO3/c14-9-4-10-7(1-2-12(20)18-10)3-8(9)11(19)5-21-6-13(15,16)17/h3-4,11,19H,1-2,5-6H2,(H,18,20). The molecule has 1 heterocycles. The van der Waals surface area contributed by atoms with E-state index in [1.165, 1.54) is 6.07 Å². The van der Waals surface area contributed by atoms with E-state index in [4.69, 9.17) is 0 Å². The number of anilines is 1. The Labute approximate surface area is 117 Å². The second kappa shape index (κ2) is 5.98. The van der Waals surface area contributed by atoms with Gasteiger partial charge in [0.2, 0.25) is 5.91 Å². The molecule has 0 spiro atoms. The van der Waals surface area contributed by atoms with Crippen LogP contribution >= 0.6 is 0 Å². The summed E-state index contributed by atoms with van der Waals surface area (Å²) in [6, 6.07) is 2.39. The number of aliphatic hydroxyl groups is 1. The Kier molecular flexibility index (Phi) is 4.48. The first-order chi connectivity index (χ1) is 9.76. The largest absolute Gasteiger partial charge is 0.411 e. The van der Waals surface area contributed by atoms with E-state index in [1.54, 1.807) is 0 Å². The number of nitrogens with one attached hydrogen (secondary N) is 1. The Morgan fingerprint density at radius 1 is 1.33 bits per heavy atom. The molecule has 0 bridgehead atoms. The van der Waals surface area contributed by atoms with Gasteiger partial charge < -0.3 is 15.2 Å². The van der Waals surface area contributed by atoms with Gasteiger partial charge in [-0.25, -0.2) is 4.39 Å². The van der Waals surface area contributed by atoms with Gasteiger partial charge >= 0.3 is 6.18 Å². The van der Waals surface area contributed by atoms with Gasteiger partial charge in [-0.1, -0.05) is 0 Å². The highest BCUT2D eigenvalue weighted by molar-refractivity contribution is 5.93. The fraction of sp³-hybridized carbons (Fsp3) is 0.462. The predicted octanol–water partition coefficient (Wildman–Crippen LogP) is 2.32. The third kappa shape index (κ3) is 4.15. The maximum Gasteiger partial charge on any atom is 0.411 e. The summed E-state index contributed by atoms with van der Waals surface area (Å²) in [5, 5.41) is 12.2. The smallest absolute Gasteiger partial charge is 0.386 e. The van der Waals surface area contributed by atoms with Crippen LogP contribution in [0.15, 0.2) is 12.1 Å². The minimum Gasteiger partial charge on any atom is -0.386 e. The lowest BCUT2D eigenvalue weighted by Gasteiger charge is -2.20. The molecular formula is C13H13F4NO3. The molecule has 1 aromatic carbocycles. The molecule has 4 nitrogen and oxygen atoms in total. The normalized spacial score (nSPS) is 16.3. The summed E-state index contributed by atoms with van der Waals surface area (Å²) >= 11 is 0. The van der Waals surface area contributed by atoms with E-state index in [-0.39, 0.29) is 17.9 Å². The summed E-state index contributed by atoms with van der Waals surface area (Å²) in [6.07, 6.45) is -5.39. The number of carbonyl (C=O) groups excluding carboxylic acids is 1. The fourth-order valence-corrected chi connectivity index (χ4v) is 2.05. The van der Waals surface area contributed by atoms with Gasteiger partial charge in [0, 0.05) is 17.7 Å². The van der Waals surface area contributed by atoms with Crippen molar-refractivity contribution < 1.29 is 32.2 Å². The van der Waals surface area contributed by atoms with Crippen molar-refractivity contribution in [2.24, 2.45) is 0 Å². The molecule has 2 N–H and O–H groups in total. The number of amides is 1. The Morgan fingerprint density at radius 2 is 2.05 bits per heavy atom. The first kappa shape index (κ1) is 15.7. The van der Waals surface area contributed by atoms with Crippen LogP contribution in [0.3, 0.4) is 0 Å². The quantitative estimate of drug-likeness (QED) is 0.839. The average molecular weight is 307 g/mol. The van der Waals surface area contributed by atoms with Gasteiger partial charge in [0.15, 0.2) is 0 Å². The van der Waals surface area contributed by atoms with Crippen molar-refractivity contribution in [1.82, 2.24) is 0 Å². The van der Waals surface area contributed by atoms with Gasteiger partial charge in [-0.15, -0.1) is 0 Å². The van der Waals surface area contributed by atoms with E-state index in [0.29, 0.717) is 17.7 Å². The van der Waals surface area contributed by atoms with Gasteiger partial charge in [-0.3, -0.25) is 4.79 Å². The number of aryl methyl sites for hydroxylation is 1. The molecule has 0 aromatic heterocycles. The number of ether oxygens (including phenoxy) is 1. The van der Waals surface area contributed by atoms with Crippen molar-refractivity contribution in [2.45, 2.75) is 25.1 Å². The molecule has 1 aliphatic rings. The van der Waals surface area contributed by atoms with E-state index in [9.17, 15) is 27.5 Å². The zero-order valence-corrected chi connectivity index (χ0v) is 10.8. The van der Waals surface area contributed by atoms with Crippen LogP contribution < -0.4 is 5.32 Å². The van der Waals surface area contributed by atoms with Crippen LogP contribution in [0, 0.1) is 5.82 Å². The minimum atomic E-state index is -4.50. The molecule has 1 atom stereocenters. The minimum absolute atomic E-state index is 0.146. The second-order valence-corrected chi connectivity index (χ2v) is 4.73. The lowest BCUT2D eigenvalue weighted by molar-refractivity contribution is -0.179. The van der Waals surface area contributed by atoms with Gasteiger partial charge in [0.25, 0.3) is 0 Å². The number of fused-ring (bicyclic) bond motifs is 1. The first-order valence-electron chi connectivity index (χ1n) is 6.21. The number of alkyl halides is 3. The topological polar surface area (TPSA) is 58.6 Å². The molecule has 0 fully saturated rings. The van der Waals surface area contributed by atoms with E-state index < -0.39 is 31.3 Å². The molecule has 2 rings (SSSR count). The number of halogens is 4. The van der Waals surface area contributed by atoms with Crippen LogP contribution in [0.5, 0.6) is 0 Å². The number of benzene rings is 1. The van der Waals surface area contributed by atoms with Crippen molar-refractivity contribution in [1.29, 1.82) is 0 Å². The monoisotopic (exact) mass is 307 g/mol. The Hall–Kier alpha value is -1.67. The Balaban J connectivity index is 2.07. The Morgan fingerprint density at radius 3 is 2.71 bits per heavy atom. The maximum absolute atomic E-state index is 13.8. The molecule has 1 aliphatic heterocycles. The van der Waals surface area contributed by atoms with E-state index in [2.05, 4.69) is 10.1 Å². The second-order valence-electron chi connectivity index (χ2n) is 4.73. The van der Waals surface area contributed by atoms with Gasteiger partial charge in [-0.05, 0) is 24.1 Å². The molecule has 0 aliphatic carbocycles. The van der Waals surface area contributed by atoms with Crippen molar-refractivity contribution in [3.8, 4) is 0 Å². The predicted molar refractivity (Wildman–Crippen MR) is 65.2 cm³/mol. The van der Waals surface area contributed by atoms with Crippen LogP contribution in [0.2, 0.25) is 0 Å². The number of rotatable bonds is 4. The highest BCUT2D eigenvalue weighted by Crippen LogP contribution is 2.29. The molecule has 116 valence electrons. The summed E-state index contributed by atoms with van der Waals surface area (Å²) in [6.45, 7) is -2.17. The molecule has 0 saturated carbocycles.